The first-order valence-electron chi connectivity index (χ1n) is 14.6. The molecule has 250 valence electrons. The van der Waals surface area contributed by atoms with Crippen molar-refractivity contribution in [2.75, 3.05) is 32.1 Å². The number of aromatic nitrogens is 1. The van der Waals surface area contributed by atoms with Crippen LogP contribution in [0.2, 0.25) is 0 Å². The number of amides is 1. The van der Waals surface area contributed by atoms with Crippen LogP contribution < -0.4 is 15.8 Å². The molecular weight excluding hydrogens is 638 g/mol. The maximum Gasteiger partial charge on any atom is 0.242 e. The second-order valence-electron chi connectivity index (χ2n) is 11.1. The summed E-state index contributed by atoms with van der Waals surface area (Å²) >= 11 is 0. The minimum absolute atomic E-state index is 0.0180. The number of halogens is 4. The summed E-state index contributed by atoms with van der Waals surface area (Å²) in [6, 6.07) is 13.1. The number of carbonyl (C=O) groups excluding carboxylic acids is 1. The summed E-state index contributed by atoms with van der Waals surface area (Å²) in [6.45, 7) is 0.275. The van der Waals surface area contributed by atoms with Gasteiger partial charge in [0.2, 0.25) is 15.9 Å². The van der Waals surface area contributed by atoms with Gasteiger partial charge in [-0.05, 0) is 67.4 Å². The Kier molecular flexibility index (Phi) is 12.2. The average molecular weight is 674 g/mol. The molecule has 0 aliphatic heterocycles. The Hall–Kier alpha value is -4.21. The SMILES string of the molecule is CN(CCO)C[C@H](CCc1c(F)cncc1NC(=O)C(N)C(c1ccc(F)cc1)c1cc(F)cc(F)c1)NS(=O)(=O)c1ccccc1. The molecule has 0 saturated carbocycles. The molecule has 47 heavy (non-hydrogen) atoms. The molecule has 0 saturated heterocycles. The van der Waals surface area contributed by atoms with Gasteiger partial charge in [0.15, 0.2) is 0 Å². The first-order valence-corrected chi connectivity index (χ1v) is 16.1. The Balaban J connectivity index is 1.59. The van der Waals surface area contributed by atoms with Crippen molar-refractivity contribution in [3.8, 4) is 0 Å². The predicted molar refractivity (Wildman–Crippen MR) is 169 cm³/mol. The molecule has 4 rings (SSSR count). The van der Waals surface area contributed by atoms with E-state index < -0.39 is 57.2 Å². The largest absolute Gasteiger partial charge is 0.395 e. The quantitative estimate of drug-likeness (QED) is 0.140. The van der Waals surface area contributed by atoms with Crippen molar-refractivity contribution in [1.29, 1.82) is 0 Å². The molecular formula is C33H35F4N5O4S. The van der Waals surface area contributed by atoms with Crippen LogP contribution in [0.4, 0.5) is 23.2 Å². The molecule has 0 spiro atoms. The number of nitrogens with one attached hydrogen (secondary N) is 2. The van der Waals surface area contributed by atoms with Gasteiger partial charge in [-0.3, -0.25) is 9.78 Å². The molecule has 1 heterocycles. The van der Waals surface area contributed by atoms with E-state index >= 15 is 4.39 Å². The summed E-state index contributed by atoms with van der Waals surface area (Å²) in [7, 11) is -2.26. The molecule has 0 radical (unpaired) electrons. The van der Waals surface area contributed by atoms with Gasteiger partial charge < -0.3 is 21.1 Å². The maximum atomic E-state index is 15.2. The van der Waals surface area contributed by atoms with Crippen LogP contribution in [0.1, 0.15) is 29.0 Å². The number of aliphatic hydroxyl groups excluding tert-OH is 1. The smallest absolute Gasteiger partial charge is 0.242 e. The fourth-order valence-corrected chi connectivity index (χ4v) is 6.54. The van der Waals surface area contributed by atoms with Crippen LogP contribution in [0.5, 0.6) is 0 Å². The lowest BCUT2D eigenvalue weighted by molar-refractivity contribution is -0.117. The van der Waals surface area contributed by atoms with Gasteiger partial charge in [-0.25, -0.2) is 30.7 Å². The molecule has 0 fully saturated rings. The van der Waals surface area contributed by atoms with Crippen LogP contribution in [-0.2, 0) is 21.2 Å². The van der Waals surface area contributed by atoms with E-state index in [1.807, 2.05) is 0 Å². The highest BCUT2D eigenvalue weighted by molar-refractivity contribution is 7.89. The third kappa shape index (κ3) is 9.65. The summed E-state index contributed by atoms with van der Waals surface area (Å²) in [5, 5.41) is 11.9. The van der Waals surface area contributed by atoms with Crippen LogP contribution in [0.3, 0.4) is 0 Å². The molecule has 5 N–H and O–H groups in total. The summed E-state index contributed by atoms with van der Waals surface area (Å²) in [4.78, 5) is 19.1. The number of sulfonamides is 1. The first-order chi connectivity index (χ1) is 22.4. The van der Waals surface area contributed by atoms with Crippen molar-refractivity contribution < 1.29 is 35.9 Å². The van der Waals surface area contributed by atoms with Crippen molar-refractivity contribution in [1.82, 2.24) is 14.6 Å². The predicted octanol–water partition coefficient (Wildman–Crippen LogP) is 3.94. The van der Waals surface area contributed by atoms with Crippen molar-refractivity contribution >= 4 is 21.6 Å². The minimum Gasteiger partial charge on any atom is -0.395 e. The lowest BCUT2D eigenvalue weighted by Gasteiger charge is -2.26. The molecule has 1 aromatic heterocycles. The lowest BCUT2D eigenvalue weighted by Crippen LogP contribution is -2.43. The van der Waals surface area contributed by atoms with Crippen LogP contribution in [-0.4, -0.2) is 68.1 Å². The minimum atomic E-state index is -3.95. The van der Waals surface area contributed by atoms with Gasteiger partial charge in [-0.2, -0.15) is 0 Å². The van der Waals surface area contributed by atoms with Gasteiger partial charge in [0.25, 0.3) is 0 Å². The number of anilines is 1. The molecule has 3 aromatic carbocycles. The van der Waals surface area contributed by atoms with E-state index in [-0.39, 0.29) is 54.2 Å². The van der Waals surface area contributed by atoms with Gasteiger partial charge in [0, 0.05) is 36.7 Å². The zero-order valence-electron chi connectivity index (χ0n) is 25.4. The van der Waals surface area contributed by atoms with Gasteiger partial charge in [-0.1, -0.05) is 30.3 Å². The van der Waals surface area contributed by atoms with Crippen LogP contribution >= 0.6 is 0 Å². The highest BCUT2D eigenvalue weighted by atomic mass is 32.2. The van der Waals surface area contributed by atoms with Crippen molar-refractivity contribution in [2.45, 2.75) is 35.7 Å². The normalized spacial score (nSPS) is 13.7. The number of carbonyl (C=O) groups is 1. The standard InChI is InChI=1S/C33H35F4N5O4S/c1-42(13-14-43)20-26(41-47(45,46)27-5-3-2-4-6-27)11-12-28-29(37)18-39-19-30(28)40-33(44)32(38)31(21-7-9-23(34)10-8-21)22-15-24(35)17-25(36)16-22/h2-10,15-19,26,31-32,41,43H,11-14,20,38H2,1H3,(H,40,44)/t26-,31?,32?/m0/s1. The van der Waals surface area contributed by atoms with E-state index in [1.165, 1.54) is 30.5 Å². The Morgan fingerprint density at radius 1 is 0.936 bits per heavy atom. The van der Waals surface area contributed by atoms with E-state index in [9.17, 15) is 31.5 Å². The van der Waals surface area contributed by atoms with Gasteiger partial charge in [0.05, 0.1) is 35.6 Å². The second-order valence-corrected chi connectivity index (χ2v) is 12.8. The zero-order valence-corrected chi connectivity index (χ0v) is 26.2. The number of nitrogens with two attached hydrogens (primary N) is 1. The molecule has 14 heteroatoms. The number of likely N-dealkylation sites (N-methyl/N-ethyl adjacent to an activating group) is 1. The average Bonchev–Trinajstić information content (AvgIpc) is 3.01. The number of hydrogen-bond acceptors (Lipinski definition) is 7. The maximum absolute atomic E-state index is 15.2. The lowest BCUT2D eigenvalue weighted by atomic mass is 9.84. The molecule has 4 aromatic rings. The van der Waals surface area contributed by atoms with Gasteiger partial charge in [0.1, 0.15) is 23.3 Å². The number of pyridine rings is 1. The Morgan fingerprint density at radius 3 is 2.23 bits per heavy atom. The third-order valence-electron chi connectivity index (χ3n) is 7.53. The van der Waals surface area contributed by atoms with Gasteiger partial charge in [-0.15, -0.1) is 0 Å². The Labute approximate surface area is 270 Å². The first kappa shape index (κ1) is 35.6. The van der Waals surface area contributed by atoms with E-state index in [0.29, 0.717) is 11.6 Å². The van der Waals surface area contributed by atoms with Gasteiger partial charge >= 0.3 is 0 Å². The summed E-state index contributed by atoms with van der Waals surface area (Å²) < 4.78 is 86.2. The second kappa shape index (κ2) is 16.1. The van der Waals surface area contributed by atoms with Crippen LogP contribution in [0, 0.1) is 23.3 Å². The molecule has 9 nitrogen and oxygen atoms in total. The van der Waals surface area contributed by atoms with Crippen molar-refractivity contribution in [3.63, 3.8) is 0 Å². The summed E-state index contributed by atoms with van der Waals surface area (Å²) in [6.07, 6.45) is 2.19. The van der Waals surface area contributed by atoms with E-state index in [2.05, 4.69) is 15.0 Å². The van der Waals surface area contributed by atoms with Crippen molar-refractivity contribution in [3.05, 3.63) is 125 Å². The number of aliphatic hydroxyl groups is 1. The molecule has 0 aliphatic carbocycles. The third-order valence-corrected chi connectivity index (χ3v) is 9.07. The Morgan fingerprint density at radius 2 is 1.60 bits per heavy atom. The fraction of sp³-hybridized carbons (Fsp3) is 0.273. The molecule has 3 atom stereocenters. The Bertz CT molecular complexity index is 1740. The van der Waals surface area contributed by atoms with E-state index in [0.717, 1.165) is 30.5 Å². The fourth-order valence-electron chi connectivity index (χ4n) is 5.25. The topological polar surface area (TPSA) is 138 Å². The van der Waals surface area contributed by atoms with E-state index in [4.69, 9.17) is 5.73 Å². The zero-order chi connectivity index (χ0) is 34.1. The monoisotopic (exact) mass is 673 g/mol. The summed E-state index contributed by atoms with van der Waals surface area (Å²) in [5.74, 6) is -5.12. The molecule has 0 bridgehead atoms. The van der Waals surface area contributed by atoms with Crippen molar-refractivity contribution in [2.24, 2.45) is 5.73 Å². The number of hydrogen-bond donors (Lipinski definition) is 4. The number of rotatable bonds is 15. The van der Waals surface area contributed by atoms with E-state index in [1.54, 1.807) is 30.1 Å². The summed E-state index contributed by atoms with van der Waals surface area (Å²) in [5.41, 5.74) is 6.67. The highest BCUT2D eigenvalue weighted by Crippen LogP contribution is 2.30. The molecule has 1 amide bonds. The number of benzene rings is 3. The molecule has 2 unspecified atom stereocenters. The number of nitrogens with zero attached hydrogens (tertiary/aromatic N) is 2. The highest BCUT2D eigenvalue weighted by Gasteiger charge is 2.30. The van der Waals surface area contributed by atoms with Crippen LogP contribution in [0.15, 0.2) is 90.1 Å². The van der Waals surface area contributed by atoms with Crippen LogP contribution in [0.25, 0.3) is 0 Å². The molecule has 0 aliphatic rings.